The topological polar surface area (TPSA) is 111 Å². The van der Waals surface area contributed by atoms with Crippen molar-refractivity contribution in [3.05, 3.63) is 97.9 Å². The lowest BCUT2D eigenvalue weighted by Crippen LogP contribution is -2.45. The van der Waals surface area contributed by atoms with Crippen molar-refractivity contribution in [1.82, 2.24) is 8.54 Å². The molecule has 4 rings (SSSR count). The number of aryl methyl sites for hydroxylation is 1. The number of carbonyl (C=O) groups excluding carboxylic acids is 1. The summed E-state index contributed by atoms with van der Waals surface area (Å²) in [7, 11) is -4.60. The molecular formula is C23H19Cl2N4O5S+. The van der Waals surface area contributed by atoms with E-state index >= 15 is 0 Å². The second-order valence-corrected chi connectivity index (χ2v) is 10.2. The molecule has 180 valence electrons. The number of halogens is 2. The molecule has 9 nitrogen and oxygen atoms in total. The number of rotatable bonds is 6. The maximum Gasteiger partial charge on any atom is 0.346 e. The van der Waals surface area contributed by atoms with Crippen molar-refractivity contribution in [3.63, 3.8) is 0 Å². The van der Waals surface area contributed by atoms with Gasteiger partial charge in [0.2, 0.25) is 5.91 Å². The summed E-state index contributed by atoms with van der Waals surface area (Å²) in [6.07, 6.45) is 3.54. The minimum absolute atomic E-state index is 0.0295. The van der Waals surface area contributed by atoms with Crippen LogP contribution in [0.3, 0.4) is 0 Å². The molecule has 35 heavy (non-hydrogen) atoms. The molecule has 2 aromatic carbocycles. The quantitative estimate of drug-likeness (QED) is 0.383. The molecule has 2 heterocycles. The summed E-state index contributed by atoms with van der Waals surface area (Å²) >= 11 is 11.9. The Morgan fingerprint density at radius 3 is 2.40 bits per heavy atom. The number of hydrogen-bond donors (Lipinski definition) is 1. The number of carbonyl (C=O) groups is 1. The number of amides is 1. The minimum Gasteiger partial charge on any atom is -0.320 e. The van der Waals surface area contributed by atoms with Crippen molar-refractivity contribution >= 4 is 55.7 Å². The van der Waals surface area contributed by atoms with E-state index in [1.807, 2.05) is 17.7 Å². The minimum atomic E-state index is -4.60. The van der Waals surface area contributed by atoms with E-state index < -0.39 is 33.7 Å². The zero-order chi connectivity index (χ0) is 25.3. The summed E-state index contributed by atoms with van der Waals surface area (Å²) in [5, 5.41) is 3.07. The molecule has 0 aliphatic heterocycles. The lowest BCUT2D eigenvalue weighted by molar-refractivity contribution is -0.692. The third kappa shape index (κ3) is 4.86. The van der Waals surface area contributed by atoms with Gasteiger partial charge in [-0.2, -0.15) is 0 Å². The highest BCUT2D eigenvalue weighted by molar-refractivity contribution is 7.90. The Labute approximate surface area is 209 Å². The molecule has 0 fully saturated rings. The molecule has 0 atom stereocenters. The monoisotopic (exact) mass is 533 g/mol. The summed E-state index contributed by atoms with van der Waals surface area (Å²) < 4.78 is 29.4. The van der Waals surface area contributed by atoms with Gasteiger partial charge in [0.05, 0.1) is 15.8 Å². The Bertz CT molecular complexity index is 1680. The lowest BCUT2D eigenvalue weighted by atomic mass is 10.2. The Morgan fingerprint density at radius 2 is 1.71 bits per heavy atom. The normalized spacial score (nSPS) is 11.5. The molecular weight excluding hydrogens is 515 g/mol. The van der Waals surface area contributed by atoms with Crippen LogP contribution in [0.4, 0.5) is 5.69 Å². The van der Waals surface area contributed by atoms with Crippen LogP contribution in [0.1, 0.15) is 6.92 Å². The van der Waals surface area contributed by atoms with Crippen molar-refractivity contribution in [2.24, 2.45) is 0 Å². The summed E-state index contributed by atoms with van der Waals surface area (Å²) in [4.78, 5) is 39.1. The molecule has 1 amide bonds. The first kappa shape index (κ1) is 24.6. The van der Waals surface area contributed by atoms with Gasteiger partial charge in [-0.3, -0.25) is 14.2 Å². The predicted octanol–water partition coefficient (Wildman–Crippen LogP) is 2.65. The molecule has 0 aliphatic carbocycles. The summed E-state index contributed by atoms with van der Waals surface area (Å²) in [6.45, 7) is 2.05. The number of hydrogen-bond acceptors (Lipinski definition) is 5. The van der Waals surface area contributed by atoms with Crippen LogP contribution >= 0.6 is 23.2 Å². The summed E-state index contributed by atoms with van der Waals surface area (Å²) in [5.41, 5.74) is -1.74. The first-order valence-electron chi connectivity index (χ1n) is 10.4. The first-order chi connectivity index (χ1) is 16.6. The van der Waals surface area contributed by atoms with E-state index in [4.69, 9.17) is 23.2 Å². The standard InChI is InChI=1S/C23H18Cl2N4O5S/c1-2-27-11-3-4-17(13-27)26-21(30)14-28-20-12-16(25)7-10-19(20)22(31)29(23(28)32)35(33,34)18-8-5-15(24)6-9-18/h3-13H,2,14H2,1H3/p+1. The third-order valence-electron chi connectivity index (χ3n) is 5.23. The van der Waals surface area contributed by atoms with E-state index in [0.29, 0.717) is 12.2 Å². The number of benzene rings is 2. The van der Waals surface area contributed by atoms with Crippen molar-refractivity contribution in [2.45, 2.75) is 24.9 Å². The predicted molar refractivity (Wildman–Crippen MR) is 132 cm³/mol. The van der Waals surface area contributed by atoms with E-state index in [0.717, 1.165) is 4.57 Å². The second kappa shape index (κ2) is 9.65. The van der Waals surface area contributed by atoms with Crippen molar-refractivity contribution in [3.8, 4) is 0 Å². The number of anilines is 1. The van der Waals surface area contributed by atoms with E-state index in [-0.39, 0.29) is 29.8 Å². The van der Waals surface area contributed by atoms with Crippen LogP contribution < -0.4 is 21.1 Å². The van der Waals surface area contributed by atoms with Gasteiger partial charge < -0.3 is 5.32 Å². The fourth-order valence-corrected chi connectivity index (χ4v) is 5.14. The van der Waals surface area contributed by atoms with Gasteiger partial charge in [0.25, 0.3) is 15.6 Å². The molecule has 4 aromatic rings. The Kier molecular flexibility index (Phi) is 6.79. The first-order valence-corrected chi connectivity index (χ1v) is 12.6. The molecule has 0 spiro atoms. The zero-order valence-corrected chi connectivity index (χ0v) is 20.6. The highest BCUT2D eigenvalue weighted by Gasteiger charge is 2.26. The highest BCUT2D eigenvalue weighted by Crippen LogP contribution is 2.19. The van der Waals surface area contributed by atoms with Crippen LogP contribution in [0.25, 0.3) is 10.9 Å². The smallest absolute Gasteiger partial charge is 0.320 e. The fraction of sp³-hybridized carbons (Fsp3) is 0.130. The number of fused-ring (bicyclic) bond motifs is 1. The Hall–Kier alpha value is -3.47. The molecule has 2 aromatic heterocycles. The van der Waals surface area contributed by atoms with Crippen LogP contribution in [0.2, 0.25) is 10.0 Å². The molecule has 12 heteroatoms. The SMILES string of the molecule is CC[n+]1cccc(NC(=O)Cn2c(=O)n(S(=O)(=O)c3ccc(Cl)cc3)c(=O)c3ccc(Cl)cc32)c1. The zero-order valence-electron chi connectivity index (χ0n) is 18.3. The summed E-state index contributed by atoms with van der Waals surface area (Å²) in [5.74, 6) is -0.601. The molecule has 0 radical (unpaired) electrons. The molecule has 0 unspecified atom stereocenters. The fourth-order valence-electron chi connectivity index (χ4n) is 3.53. The van der Waals surface area contributed by atoms with E-state index in [1.54, 1.807) is 18.3 Å². The lowest BCUT2D eigenvalue weighted by Gasteiger charge is -2.14. The average Bonchev–Trinajstić information content (AvgIpc) is 2.82. The number of pyridine rings is 1. The maximum atomic E-state index is 13.4. The molecule has 0 aliphatic rings. The van der Waals surface area contributed by atoms with Crippen LogP contribution in [-0.2, 0) is 27.9 Å². The maximum absolute atomic E-state index is 13.4. The van der Waals surface area contributed by atoms with E-state index in [1.165, 1.54) is 42.5 Å². The van der Waals surface area contributed by atoms with Gasteiger partial charge in [-0.1, -0.05) is 23.2 Å². The Balaban J connectivity index is 1.87. The third-order valence-corrected chi connectivity index (χ3v) is 7.39. The molecule has 0 saturated heterocycles. The van der Waals surface area contributed by atoms with E-state index in [9.17, 15) is 22.8 Å². The van der Waals surface area contributed by atoms with Crippen LogP contribution in [0.5, 0.6) is 0 Å². The van der Waals surface area contributed by atoms with Gasteiger partial charge >= 0.3 is 5.69 Å². The van der Waals surface area contributed by atoms with Gasteiger partial charge in [-0.25, -0.2) is 17.8 Å². The van der Waals surface area contributed by atoms with Gasteiger partial charge in [0.1, 0.15) is 18.8 Å². The van der Waals surface area contributed by atoms with Crippen molar-refractivity contribution in [1.29, 1.82) is 0 Å². The van der Waals surface area contributed by atoms with Crippen LogP contribution in [0, 0.1) is 0 Å². The van der Waals surface area contributed by atoms with Gasteiger partial charge in [-0.05, 0) is 55.5 Å². The van der Waals surface area contributed by atoms with Crippen LogP contribution in [-0.4, -0.2) is 22.9 Å². The van der Waals surface area contributed by atoms with Gasteiger partial charge in [0, 0.05) is 16.1 Å². The average molecular weight is 534 g/mol. The highest BCUT2D eigenvalue weighted by atomic mass is 35.5. The second-order valence-electron chi connectivity index (χ2n) is 7.53. The van der Waals surface area contributed by atoms with Crippen molar-refractivity contribution in [2.75, 3.05) is 5.32 Å². The van der Waals surface area contributed by atoms with Crippen LogP contribution in [0.15, 0.2) is 81.5 Å². The summed E-state index contributed by atoms with van der Waals surface area (Å²) in [6, 6.07) is 12.5. The molecule has 0 saturated carbocycles. The Morgan fingerprint density at radius 1 is 1.03 bits per heavy atom. The van der Waals surface area contributed by atoms with Gasteiger partial charge in [-0.15, -0.1) is 3.97 Å². The molecule has 1 N–H and O–H groups in total. The molecule has 0 bridgehead atoms. The largest absolute Gasteiger partial charge is 0.346 e. The number of aromatic nitrogens is 3. The number of nitrogens with one attached hydrogen (secondary N) is 1. The van der Waals surface area contributed by atoms with E-state index in [2.05, 4.69) is 5.32 Å². The van der Waals surface area contributed by atoms with Gasteiger partial charge in [0.15, 0.2) is 12.4 Å². The number of nitrogens with zero attached hydrogens (tertiary/aromatic N) is 3. The van der Waals surface area contributed by atoms with Crippen molar-refractivity contribution < 1.29 is 17.8 Å².